The third-order valence-corrected chi connectivity index (χ3v) is 4.31. The zero-order valence-electron chi connectivity index (χ0n) is 12.0. The fraction of sp³-hybridized carbons (Fsp3) is 0.438. The molecule has 0 amide bonds. The van der Waals surface area contributed by atoms with Gasteiger partial charge in [0.15, 0.2) is 0 Å². The van der Waals surface area contributed by atoms with Crippen LogP contribution >= 0.6 is 0 Å². The second-order valence-corrected chi connectivity index (χ2v) is 5.55. The van der Waals surface area contributed by atoms with Crippen molar-refractivity contribution >= 4 is 16.9 Å². The monoisotopic (exact) mass is 289 g/mol. The first-order chi connectivity index (χ1) is 10.2. The molecule has 1 heterocycles. The fourth-order valence-corrected chi connectivity index (χ4v) is 2.88. The molecule has 2 N–H and O–H groups in total. The Kier molecular flexibility index (Phi) is 3.69. The second-order valence-electron chi connectivity index (χ2n) is 5.55. The van der Waals surface area contributed by atoms with Crippen LogP contribution in [0.4, 0.5) is 0 Å². The molecule has 0 saturated heterocycles. The van der Waals surface area contributed by atoms with E-state index in [1.807, 2.05) is 12.1 Å². The first-order valence-corrected chi connectivity index (χ1v) is 7.15. The van der Waals surface area contributed by atoms with Gasteiger partial charge in [-0.05, 0) is 25.3 Å². The fourth-order valence-electron chi connectivity index (χ4n) is 2.88. The Bertz CT molecular complexity index is 652. The van der Waals surface area contributed by atoms with E-state index in [9.17, 15) is 9.90 Å². The lowest BCUT2D eigenvalue weighted by Gasteiger charge is -2.40. The Morgan fingerprint density at radius 2 is 2.19 bits per heavy atom. The van der Waals surface area contributed by atoms with Gasteiger partial charge in [0.25, 0.3) is 0 Å². The minimum absolute atomic E-state index is 0.0879. The molecule has 1 aliphatic rings. The number of aromatic carboxylic acids is 1. The summed E-state index contributed by atoms with van der Waals surface area (Å²) < 4.78 is 11.2. The van der Waals surface area contributed by atoms with Crippen LogP contribution in [0.1, 0.15) is 35.4 Å². The highest BCUT2D eigenvalue weighted by Gasteiger charge is 2.36. The lowest BCUT2D eigenvalue weighted by Crippen LogP contribution is -2.47. The maximum atomic E-state index is 11.5. The molecule has 0 radical (unpaired) electrons. The molecule has 1 aromatic heterocycles. The molecular weight excluding hydrogens is 270 g/mol. The van der Waals surface area contributed by atoms with Crippen molar-refractivity contribution in [2.24, 2.45) is 0 Å². The van der Waals surface area contributed by atoms with Crippen molar-refractivity contribution in [3.63, 3.8) is 0 Å². The van der Waals surface area contributed by atoms with Crippen LogP contribution in [-0.4, -0.2) is 30.3 Å². The van der Waals surface area contributed by atoms with Crippen LogP contribution in [0.2, 0.25) is 0 Å². The van der Waals surface area contributed by atoms with Crippen molar-refractivity contribution in [1.29, 1.82) is 0 Å². The molecule has 2 aromatic rings. The van der Waals surface area contributed by atoms with Crippen molar-refractivity contribution in [1.82, 2.24) is 5.32 Å². The first-order valence-electron chi connectivity index (χ1n) is 7.15. The molecule has 21 heavy (non-hydrogen) atoms. The summed E-state index contributed by atoms with van der Waals surface area (Å²) in [5, 5.41) is 13.3. The van der Waals surface area contributed by atoms with Crippen LogP contribution in [0.15, 0.2) is 28.7 Å². The van der Waals surface area contributed by atoms with Gasteiger partial charge >= 0.3 is 5.97 Å². The molecule has 5 heteroatoms. The average Bonchev–Trinajstić information content (AvgIpc) is 2.80. The van der Waals surface area contributed by atoms with Crippen LogP contribution < -0.4 is 5.32 Å². The number of nitrogens with one attached hydrogen (secondary N) is 1. The summed E-state index contributed by atoms with van der Waals surface area (Å²) in [5.41, 5.74) is 0.769. The van der Waals surface area contributed by atoms with Crippen molar-refractivity contribution < 1.29 is 19.1 Å². The minimum Gasteiger partial charge on any atom is -0.478 e. The number of ether oxygens (including phenoxy) is 1. The van der Waals surface area contributed by atoms with Crippen molar-refractivity contribution in [2.75, 3.05) is 13.7 Å². The molecule has 1 aromatic carbocycles. The minimum atomic E-state index is -0.957. The van der Waals surface area contributed by atoms with E-state index in [0.29, 0.717) is 29.8 Å². The molecule has 0 unspecified atom stereocenters. The van der Waals surface area contributed by atoms with Gasteiger partial charge in [0, 0.05) is 19.0 Å². The molecule has 0 aliphatic heterocycles. The number of hydrogen-bond acceptors (Lipinski definition) is 4. The van der Waals surface area contributed by atoms with E-state index in [0.717, 1.165) is 12.8 Å². The number of methoxy groups -OCH3 is 1. The Balaban J connectivity index is 1.77. The lowest BCUT2D eigenvalue weighted by atomic mass is 9.80. The molecule has 112 valence electrons. The molecule has 3 rings (SSSR count). The highest BCUT2D eigenvalue weighted by Crippen LogP contribution is 2.34. The smallest absolute Gasteiger partial charge is 0.339 e. The van der Waals surface area contributed by atoms with Gasteiger partial charge in [-0.3, -0.25) is 0 Å². The van der Waals surface area contributed by atoms with Gasteiger partial charge in [-0.25, -0.2) is 4.79 Å². The van der Waals surface area contributed by atoms with E-state index >= 15 is 0 Å². The maximum Gasteiger partial charge on any atom is 0.339 e. The van der Waals surface area contributed by atoms with Crippen LogP contribution in [-0.2, 0) is 11.3 Å². The van der Waals surface area contributed by atoms with E-state index in [1.165, 1.54) is 6.42 Å². The van der Waals surface area contributed by atoms with Gasteiger partial charge in [-0.15, -0.1) is 0 Å². The van der Waals surface area contributed by atoms with E-state index in [2.05, 4.69) is 5.32 Å². The maximum absolute atomic E-state index is 11.5. The number of fused-ring (bicyclic) bond motifs is 1. The summed E-state index contributed by atoms with van der Waals surface area (Å²) >= 11 is 0. The standard InChI is InChI=1S/C16H19NO4/c1-20-16(7-4-8-16)10-17-9-13-14(15(18)19)11-5-2-3-6-12(11)21-13/h2-3,5-6,17H,4,7-10H2,1H3,(H,18,19). The van der Waals surface area contributed by atoms with Crippen LogP contribution in [0.25, 0.3) is 11.0 Å². The third-order valence-electron chi connectivity index (χ3n) is 4.31. The number of carboxylic acids is 1. The topological polar surface area (TPSA) is 71.7 Å². The highest BCUT2D eigenvalue weighted by atomic mass is 16.5. The average molecular weight is 289 g/mol. The zero-order valence-corrected chi connectivity index (χ0v) is 12.0. The van der Waals surface area contributed by atoms with E-state index in [-0.39, 0.29) is 11.2 Å². The zero-order chi connectivity index (χ0) is 14.9. The number of carbonyl (C=O) groups is 1. The summed E-state index contributed by atoms with van der Waals surface area (Å²) in [6, 6.07) is 7.21. The molecule has 0 atom stereocenters. The van der Waals surface area contributed by atoms with Crippen molar-refractivity contribution in [2.45, 2.75) is 31.4 Å². The predicted octanol–water partition coefficient (Wildman–Crippen LogP) is 2.79. The van der Waals surface area contributed by atoms with Crippen LogP contribution in [0.5, 0.6) is 0 Å². The third kappa shape index (κ3) is 2.54. The number of rotatable bonds is 6. The van der Waals surface area contributed by atoms with Gasteiger partial charge in [-0.1, -0.05) is 18.2 Å². The van der Waals surface area contributed by atoms with Crippen molar-refractivity contribution in [3.8, 4) is 0 Å². The Hall–Kier alpha value is -1.85. The summed E-state index contributed by atoms with van der Waals surface area (Å²) in [7, 11) is 1.73. The number of hydrogen-bond donors (Lipinski definition) is 2. The molecule has 0 bridgehead atoms. The number of benzene rings is 1. The lowest BCUT2D eigenvalue weighted by molar-refractivity contribution is -0.0697. The van der Waals surface area contributed by atoms with E-state index < -0.39 is 5.97 Å². The summed E-state index contributed by atoms with van der Waals surface area (Å²) in [6.45, 7) is 1.10. The van der Waals surface area contributed by atoms with Crippen LogP contribution in [0, 0.1) is 0 Å². The quantitative estimate of drug-likeness (QED) is 0.855. The largest absolute Gasteiger partial charge is 0.478 e. The molecule has 0 spiro atoms. The van der Waals surface area contributed by atoms with Crippen LogP contribution in [0.3, 0.4) is 0 Å². The SMILES string of the molecule is COC1(CNCc2oc3ccccc3c2C(=O)O)CCC1. The van der Waals surface area contributed by atoms with Crippen molar-refractivity contribution in [3.05, 3.63) is 35.6 Å². The normalized spacial score (nSPS) is 16.8. The van der Waals surface area contributed by atoms with E-state index in [4.69, 9.17) is 9.15 Å². The van der Waals surface area contributed by atoms with Gasteiger partial charge in [0.1, 0.15) is 16.9 Å². The molecule has 1 saturated carbocycles. The highest BCUT2D eigenvalue weighted by molar-refractivity contribution is 6.03. The van der Waals surface area contributed by atoms with Gasteiger partial charge in [0.2, 0.25) is 0 Å². The van der Waals surface area contributed by atoms with Gasteiger partial charge in [0.05, 0.1) is 12.1 Å². The molecular formula is C16H19NO4. The molecule has 5 nitrogen and oxygen atoms in total. The van der Waals surface area contributed by atoms with Gasteiger partial charge < -0.3 is 19.6 Å². The summed E-state index contributed by atoms with van der Waals surface area (Å²) in [4.78, 5) is 11.5. The molecule has 1 fully saturated rings. The second kappa shape index (κ2) is 5.50. The summed E-state index contributed by atoms with van der Waals surface area (Å²) in [5.74, 6) is -0.490. The number of furan rings is 1. The van der Waals surface area contributed by atoms with E-state index in [1.54, 1.807) is 19.2 Å². The molecule has 1 aliphatic carbocycles. The Morgan fingerprint density at radius 1 is 1.43 bits per heavy atom. The Labute approximate surface area is 122 Å². The first kappa shape index (κ1) is 14.1. The Morgan fingerprint density at radius 3 is 2.81 bits per heavy atom. The predicted molar refractivity (Wildman–Crippen MR) is 78.5 cm³/mol. The van der Waals surface area contributed by atoms with Gasteiger partial charge in [-0.2, -0.15) is 0 Å². The summed E-state index contributed by atoms with van der Waals surface area (Å²) in [6.07, 6.45) is 3.27. The number of carboxylic acid groups (broad SMARTS) is 1. The number of para-hydroxylation sites is 1.